The summed E-state index contributed by atoms with van der Waals surface area (Å²) in [6.45, 7) is 5.82. The maximum absolute atomic E-state index is 12.9. The van der Waals surface area contributed by atoms with E-state index in [1.165, 1.54) is 0 Å². The number of hydrogen-bond acceptors (Lipinski definition) is 6. The molecule has 0 radical (unpaired) electrons. The van der Waals surface area contributed by atoms with Crippen LogP contribution in [0.5, 0.6) is 0 Å². The minimum atomic E-state index is -0.435. The molecule has 7 heteroatoms. The second-order valence-corrected chi connectivity index (χ2v) is 6.85. The number of carbonyl (C=O) groups is 2. The molecule has 2 fully saturated rings. The van der Waals surface area contributed by atoms with E-state index in [-0.39, 0.29) is 17.9 Å². The average Bonchev–Trinajstić information content (AvgIpc) is 3.23. The highest BCUT2D eigenvalue weighted by Crippen LogP contribution is 2.32. The average molecular weight is 349 g/mol. The summed E-state index contributed by atoms with van der Waals surface area (Å²) < 4.78 is 10.6. The molecular weight excluding hydrogens is 322 g/mol. The number of likely N-dealkylation sites (tertiary alicyclic amines) is 2. The minimum Gasteiger partial charge on any atom is -0.464 e. The Kier molecular flexibility index (Phi) is 5.73. The molecule has 1 aromatic heterocycles. The van der Waals surface area contributed by atoms with Gasteiger partial charge in [0.1, 0.15) is 6.04 Å². The van der Waals surface area contributed by atoms with Gasteiger partial charge in [0, 0.05) is 12.6 Å². The molecule has 138 valence electrons. The number of hydrogen-bond donors (Lipinski definition) is 0. The molecular formula is C18H27N3O4. The van der Waals surface area contributed by atoms with Crippen LogP contribution in [0, 0.1) is 6.92 Å². The molecule has 3 heterocycles. The topological polar surface area (TPSA) is 75.9 Å². The lowest BCUT2D eigenvalue weighted by Gasteiger charge is -2.35. The van der Waals surface area contributed by atoms with Gasteiger partial charge in [0.15, 0.2) is 5.76 Å². The molecule has 0 unspecified atom stereocenters. The molecule has 2 saturated heterocycles. The number of aryl methyl sites for hydroxylation is 1. The summed E-state index contributed by atoms with van der Waals surface area (Å²) in [7, 11) is 0. The third-order valence-electron chi connectivity index (χ3n) is 5.06. The molecule has 0 bridgehead atoms. The number of rotatable bonds is 5. The SMILES string of the molecule is CCOC(=O)[C@H]1CCCCN1C(=O)CN1CCC[C@H]1c1cc(C)no1. The highest BCUT2D eigenvalue weighted by Gasteiger charge is 2.36. The first-order valence-electron chi connectivity index (χ1n) is 9.23. The van der Waals surface area contributed by atoms with Crippen molar-refractivity contribution >= 4 is 11.9 Å². The molecule has 1 amide bonds. The highest BCUT2D eigenvalue weighted by molar-refractivity contribution is 5.85. The van der Waals surface area contributed by atoms with Crippen molar-refractivity contribution in [2.75, 3.05) is 26.2 Å². The number of carbonyl (C=O) groups excluding carboxylic acids is 2. The van der Waals surface area contributed by atoms with Crippen molar-refractivity contribution in [2.24, 2.45) is 0 Å². The van der Waals surface area contributed by atoms with Crippen LogP contribution >= 0.6 is 0 Å². The summed E-state index contributed by atoms with van der Waals surface area (Å²) in [4.78, 5) is 28.9. The van der Waals surface area contributed by atoms with Gasteiger partial charge >= 0.3 is 5.97 Å². The second kappa shape index (κ2) is 7.99. The smallest absolute Gasteiger partial charge is 0.328 e. The first-order chi connectivity index (χ1) is 12.1. The first kappa shape index (κ1) is 17.9. The number of aromatic nitrogens is 1. The lowest BCUT2D eigenvalue weighted by molar-refractivity contribution is -0.157. The Balaban J connectivity index is 1.66. The van der Waals surface area contributed by atoms with E-state index in [9.17, 15) is 9.59 Å². The molecule has 0 saturated carbocycles. The van der Waals surface area contributed by atoms with Gasteiger partial charge in [0.05, 0.1) is 24.9 Å². The summed E-state index contributed by atoms with van der Waals surface area (Å²) in [5.41, 5.74) is 0.853. The molecule has 25 heavy (non-hydrogen) atoms. The molecule has 0 aliphatic carbocycles. The minimum absolute atomic E-state index is 0.000824. The van der Waals surface area contributed by atoms with Gasteiger partial charge in [-0.3, -0.25) is 9.69 Å². The van der Waals surface area contributed by atoms with E-state index in [0.717, 1.165) is 43.7 Å². The Hall–Kier alpha value is -1.89. The Bertz CT molecular complexity index is 615. The van der Waals surface area contributed by atoms with E-state index in [1.54, 1.807) is 11.8 Å². The van der Waals surface area contributed by atoms with Gasteiger partial charge in [-0.15, -0.1) is 0 Å². The van der Waals surface area contributed by atoms with Crippen LogP contribution in [-0.4, -0.2) is 59.1 Å². The standard InChI is InChI=1S/C18H27N3O4/c1-3-24-18(23)15-7-4-5-10-21(15)17(22)12-20-9-6-8-14(20)16-11-13(2)19-25-16/h11,14-15H,3-10,12H2,1-2H3/t14-,15+/m0/s1. The van der Waals surface area contributed by atoms with Crippen LogP contribution in [-0.2, 0) is 14.3 Å². The van der Waals surface area contributed by atoms with Crippen LogP contribution < -0.4 is 0 Å². The van der Waals surface area contributed by atoms with Gasteiger partial charge < -0.3 is 14.2 Å². The Labute approximate surface area is 148 Å². The lowest BCUT2D eigenvalue weighted by atomic mass is 10.0. The van der Waals surface area contributed by atoms with Crippen LogP contribution in [0.25, 0.3) is 0 Å². The second-order valence-electron chi connectivity index (χ2n) is 6.85. The highest BCUT2D eigenvalue weighted by atomic mass is 16.5. The Morgan fingerprint density at radius 1 is 1.28 bits per heavy atom. The molecule has 3 rings (SSSR count). The third kappa shape index (κ3) is 4.03. The predicted molar refractivity (Wildman–Crippen MR) is 90.8 cm³/mol. The van der Waals surface area contributed by atoms with Gasteiger partial charge in [0.25, 0.3) is 0 Å². The first-order valence-corrected chi connectivity index (χ1v) is 9.23. The zero-order valence-corrected chi connectivity index (χ0v) is 15.1. The van der Waals surface area contributed by atoms with Crippen LogP contribution in [0.3, 0.4) is 0 Å². The molecule has 2 atom stereocenters. The van der Waals surface area contributed by atoms with E-state index >= 15 is 0 Å². The fraction of sp³-hybridized carbons (Fsp3) is 0.722. The van der Waals surface area contributed by atoms with Crippen LogP contribution in [0.2, 0.25) is 0 Å². The van der Waals surface area contributed by atoms with Crippen molar-refractivity contribution in [1.29, 1.82) is 0 Å². The Morgan fingerprint density at radius 2 is 2.12 bits per heavy atom. The monoisotopic (exact) mass is 349 g/mol. The predicted octanol–water partition coefficient (Wildman–Crippen LogP) is 2.06. The van der Waals surface area contributed by atoms with Gasteiger partial charge in [-0.25, -0.2) is 4.79 Å². The van der Waals surface area contributed by atoms with Crippen molar-refractivity contribution in [2.45, 2.75) is 58.0 Å². The van der Waals surface area contributed by atoms with Crippen molar-refractivity contribution in [3.05, 3.63) is 17.5 Å². The fourth-order valence-electron chi connectivity index (χ4n) is 3.86. The fourth-order valence-corrected chi connectivity index (χ4v) is 3.86. The summed E-state index contributed by atoms with van der Waals surface area (Å²) in [5.74, 6) is 0.545. The van der Waals surface area contributed by atoms with E-state index in [1.807, 2.05) is 13.0 Å². The van der Waals surface area contributed by atoms with Crippen molar-refractivity contribution in [3.8, 4) is 0 Å². The number of piperidine rings is 1. The van der Waals surface area contributed by atoms with E-state index in [2.05, 4.69) is 10.1 Å². The maximum atomic E-state index is 12.9. The molecule has 0 N–H and O–H groups in total. The number of nitrogens with zero attached hydrogens (tertiary/aromatic N) is 3. The van der Waals surface area contributed by atoms with Crippen LogP contribution in [0.15, 0.2) is 10.6 Å². The zero-order valence-electron chi connectivity index (χ0n) is 15.1. The van der Waals surface area contributed by atoms with Crippen LogP contribution in [0.4, 0.5) is 0 Å². The van der Waals surface area contributed by atoms with Crippen molar-refractivity contribution < 1.29 is 18.8 Å². The molecule has 1 aromatic rings. The van der Waals surface area contributed by atoms with Gasteiger partial charge in [-0.1, -0.05) is 5.16 Å². The zero-order chi connectivity index (χ0) is 17.8. The number of esters is 1. The largest absolute Gasteiger partial charge is 0.464 e. The normalized spacial score (nSPS) is 24.5. The van der Waals surface area contributed by atoms with Gasteiger partial charge in [0.2, 0.25) is 5.91 Å². The summed E-state index contributed by atoms with van der Waals surface area (Å²) in [5, 5.41) is 3.96. The molecule has 0 aromatic carbocycles. The molecule has 0 spiro atoms. The van der Waals surface area contributed by atoms with E-state index < -0.39 is 6.04 Å². The van der Waals surface area contributed by atoms with Crippen LogP contribution in [0.1, 0.15) is 56.5 Å². The maximum Gasteiger partial charge on any atom is 0.328 e. The summed E-state index contributed by atoms with van der Waals surface area (Å²) in [6.07, 6.45) is 4.57. The molecule has 2 aliphatic rings. The number of amides is 1. The Morgan fingerprint density at radius 3 is 2.84 bits per heavy atom. The summed E-state index contributed by atoms with van der Waals surface area (Å²) in [6, 6.07) is 1.60. The number of ether oxygens (including phenoxy) is 1. The van der Waals surface area contributed by atoms with Gasteiger partial charge in [-0.2, -0.15) is 0 Å². The van der Waals surface area contributed by atoms with E-state index in [4.69, 9.17) is 9.26 Å². The van der Waals surface area contributed by atoms with Gasteiger partial charge in [-0.05, 0) is 52.5 Å². The third-order valence-corrected chi connectivity index (χ3v) is 5.06. The lowest BCUT2D eigenvalue weighted by Crippen LogP contribution is -2.51. The van der Waals surface area contributed by atoms with Crippen molar-refractivity contribution in [1.82, 2.24) is 15.0 Å². The van der Waals surface area contributed by atoms with Crippen molar-refractivity contribution in [3.63, 3.8) is 0 Å². The molecule has 2 aliphatic heterocycles. The summed E-state index contributed by atoms with van der Waals surface area (Å²) >= 11 is 0. The molecule has 7 nitrogen and oxygen atoms in total. The quantitative estimate of drug-likeness (QED) is 0.758. The van der Waals surface area contributed by atoms with E-state index in [0.29, 0.717) is 26.1 Å².